The van der Waals surface area contributed by atoms with Gasteiger partial charge in [-0.2, -0.15) is 18.4 Å². The maximum absolute atomic E-state index is 13.1. The van der Waals surface area contributed by atoms with E-state index < -0.39 is 41.8 Å². The Balaban J connectivity index is 3.44. The van der Waals surface area contributed by atoms with E-state index in [2.05, 4.69) is 4.98 Å². The fourth-order valence-corrected chi connectivity index (χ4v) is 1.13. The van der Waals surface area contributed by atoms with E-state index in [9.17, 15) is 26.3 Å². The number of rotatable bonds is 2. The zero-order valence-corrected chi connectivity index (χ0v) is 8.02. The van der Waals surface area contributed by atoms with Crippen LogP contribution in [0.15, 0.2) is 6.07 Å². The van der Waals surface area contributed by atoms with Gasteiger partial charge in [-0.1, -0.05) is 0 Å². The van der Waals surface area contributed by atoms with Crippen LogP contribution in [-0.4, -0.2) is 4.98 Å². The number of alkyl halides is 5. The molecule has 0 aliphatic carbocycles. The Morgan fingerprint density at radius 2 is 1.94 bits per heavy atom. The Morgan fingerprint density at radius 3 is 2.35 bits per heavy atom. The molecule has 0 saturated heterocycles. The van der Waals surface area contributed by atoms with Crippen molar-refractivity contribution < 1.29 is 26.3 Å². The predicted octanol–water partition coefficient (Wildman–Crippen LogP) is 3.24. The fourth-order valence-electron chi connectivity index (χ4n) is 1.13. The second-order valence-electron chi connectivity index (χ2n) is 2.99. The topological polar surface area (TPSA) is 36.7 Å². The Kier molecular flexibility index (Phi) is 3.60. The van der Waals surface area contributed by atoms with Gasteiger partial charge in [0.1, 0.15) is 5.82 Å². The molecule has 1 heterocycles. The summed E-state index contributed by atoms with van der Waals surface area (Å²) in [6.45, 7) is 0. The van der Waals surface area contributed by atoms with Crippen molar-refractivity contribution in [3.05, 3.63) is 28.8 Å². The molecule has 0 aliphatic rings. The van der Waals surface area contributed by atoms with Crippen LogP contribution in [-0.2, 0) is 12.6 Å². The summed E-state index contributed by atoms with van der Waals surface area (Å²) in [6, 6.07) is 1.46. The van der Waals surface area contributed by atoms with E-state index in [0.29, 0.717) is 0 Å². The van der Waals surface area contributed by atoms with E-state index in [1.807, 2.05) is 0 Å². The standard InChI is InChI=1S/C9H4F6N2/c10-5-3-4(8(11)12)7(9(13,14)15)17-6(5)1-2-16/h3,8H,1H2. The summed E-state index contributed by atoms with van der Waals surface area (Å²) in [6.07, 6.45) is -9.34. The second-order valence-corrected chi connectivity index (χ2v) is 2.99. The van der Waals surface area contributed by atoms with Crippen molar-refractivity contribution in [2.45, 2.75) is 19.0 Å². The zero-order chi connectivity index (χ0) is 13.2. The van der Waals surface area contributed by atoms with E-state index in [4.69, 9.17) is 5.26 Å². The van der Waals surface area contributed by atoms with E-state index in [-0.39, 0.29) is 6.07 Å². The van der Waals surface area contributed by atoms with E-state index in [0.717, 1.165) is 0 Å². The molecule has 17 heavy (non-hydrogen) atoms. The van der Waals surface area contributed by atoms with Crippen molar-refractivity contribution in [2.75, 3.05) is 0 Å². The van der Waals surface area contributed by atoms with Crippen LogP contribution in [0.1, 0.15) is 23.4 Å². The van der Waals surface area contributed by atoms with E-state index in [1.165, 1.54) is 6.07 Å². The van der Waals surface area contributed by atoms with Crippen molar-refractivity contribution in [3.8, 4) is 6.07 Å². The Hall–Kier alpha value is -1.78. The first kappa shape index (κ1) is 13.3. The summed E-state index contributed by atoms with van der Waals surface area (Å²) in [5, 5.41) is 8.23. The van der Waals surface area contributed by atoms with Crippen LogP contribution in [0.25, 0.3) is 0 Å². The van der Waals surface area contributed by atoms with Crippen LogP contribution in [0.3, 0.4) is 0 Å². The Labute approximate surface area is 91.5 Å². The summed E-state index contributed by atoms with van der Waals surface area (Å²) in [5.74, 6) is -1.35. The number of hydrogen-bond donors (Lipinski definition) is 0. The van der Waals surface area contributed by atoms with Crippen molar-refractivity contribution in [1.29, 1.82) is 5.26 Å². The molecule has 0 N–H and O–H groups in total. The van der Waals surface area contributed by atoms with Gasteiger partial charge in [0.2, 0.25) is 0 Å². The minimum Gasteiger partial charge on any atom is -0.244 e. The largest absolute Gasteiger partial charge is 0.433 e. The van der Waals surface area contributed by atoms with Gasteiger partial charge in [0.05, 0.1) is 23.7 Å². The normalized spacial score (nSPS) is 11.6. The van der Waals surface area contributed by atoms with Gasteiger partial charge in [-0.3, -0.25) is 0 Å². The summed E-state index contributed by atoms with van der Waals surface area (Å²) in [5.41, 5.74) is -4.19. The summed E-state index contributed by atoms with van der Waals surface area (Å²) < 4.78 is 74.7. The van der Waals surface area contributed by atoms with Gasteiger partial charge in [-0.25, -0.2) is 18.2 Å². The predicted molar refractivity (Wildman–Crippen MR) is 43.5 cm³/mol. The smallest absolute Gasteiger partial charge is 0.244 e. The van der Waals surface area contributed by atoms with Crippen LogP contribution in [0.4, 0.5) is 26.3 Å². The SMILES string of the molecule is N#CCc1nc(C(F)(F)F)c(C(F)F)cc1F. The molecule has 0 spiro atoms. The van der Waals surface area contributed by atoms with Crippen molar-refractivity contribution in [1.82, 2.24) is 4.98 Å². The van der Waals surface area contributed by atoms with Gasteiger partial charge in [0.25, 0.3) is 6.43 Å². The highest BCUT2D eigenvalue weighted by Crippen LogP contribution is 2.35. The van der Waals surface area contributed by atoms with Crippen LogP contribution >= 0.6 is 0 Å². The van der Waals surface area contributed by atoms with Crippen LogP contribution < -0.4 is 0 Å². The molecule has 2 nitrogen and oxygen atoms in total. The van der Waals surface area contributed by atoms with Crippen molar-refractivity contribution in [2.24, 2.45) is 0 Å². The molecule has 1 aromatic rings. The zero-order valence-electron chi connectivity index (χ0n) is 8.02. The fraction of sp³-hybridized carbons (Fsp3) is 0.333. The molecule has 1 rings (SSSR count). The molecule has 1 aromatic heterocycles. The van der Waals surface area contributed by atoms with Crippen LogP contribution in [0, 0.1) is 17.1 Å². The van der Waals surface area contributed by atoms with Crippen molar-refractivity contribution in [3.63, 3.8) is 0 Å². The minimum absolute atomic E-state index is 0.0627. The molecule has 0 bridgehead atoms. The lowest BCUT2D eigenvalue weighted by Gasteiger charge is -2.12. The van der Waals surface area contributed by atoms with Gasteiger partial charge >= 0.3 is 6.18 Å². The third-order valence-corrected chi connectivity index (χ3v) is 1.83. The van der Waals surface area contributed by atoms with Crippen LogP contribution in [0.2, 0.25) is 0 Å². The molecule has 0 radical (unpaired) electrons. The molecule has 0 saturated carbocycles. The molecule has 92 valence electrons. The number of aromatic nitrogens is 1. The number of nitrogens with zero attached hydrogens (tertiary/aromatic N) is 2. The average molecular weight is 254 g/mol. The lowest BCUT2D eigenvalue weighted by molar-refractivity contribution is -0.143. The Bertz CT molecular complexity index is 460. The second kappa shape index (κ2) is 4.61. The number of nitriles is 1. The molecule has 0 aromatic carbocycles. The molecule has 0 unspecified atom stereocenters. The molecular weight excluding hydrogens is 250 g/mol. The van der Waals surface area contributed by atoms with Crippen molar-refractivity contribution >= 4 is 0 Å². The van der Waals surface area contributed by atoms with Gasteiger partial charge in [-0.15, -0.1) is 0 Å². The maximum Gasteiger partial charge on any atom is 0.433 e. The van der Waals surface area contributed by atoms with E-state index in [1.54, 1.807) is 0 Å². The maximum atomic E-state index is 13.1. The van der Waals surface area contributed by atoms with Gasteiger partial charge in [-0.05, 0) is 6.07 Å². The highest BCUT2D eigenvalue weighted by Gasteiger charge is 2.38. The summed E-state index contributed by atoms with van der Waals surface area (Å²) in [7, 11) is 0. The van der Waals surface area contributed by atoms with Crippen LogP contribution in [0.5, 0.6) is 0 Å². The summed E-state index contributed by atoms with van der Waals surface area (Å²) >= 11 is 0. The lowest BCUT2D eigenvalue weighted by atomic mass is 10.1. The minimum atomic E-state index is -5.12. The molecule has 0 amide bonds. The molecule has 0 aliphatic heterocycles. The molecule has 8 heteroatoms. The average Bonchev–Trinajstić information content (AvgIpc) is 2.18. The summed E-state index contributed by atoms with van der Waals surface area (Å²) in [4.78, 5) is 2.75. The number of pyridine rings is 1. The first-order valence-corrected chi connectivity index (χ1v) is 4.19. The monoisotopic (exact) mass is 254 g/mol. The Morgan fingerprint density at radius 1 is 1.35 bits per heavy atom. The molecule has 0 fully saturated rings. The molecule has 0 atom stereocenters. The first-order valence-electron chi connectivity index (χ1n) is 4.19. The highest BCUT2D eigenvalue weighted by atomic mass is 19.4. The highest BCUT2D eigenvalue weighted by molar-refractivity contribution is 5.28. The van der Waals surface area contributed by atoms with Gasteiger partial charge in [0.15, 0.2) is 5.69 Å². The number of hydrogen-bond acceptors (Lipinski definition) is 2. The van der Waals surface area contributed by atoms with E-state index >= 15 is 0 Å². The first-order chi connectivity index (χ1) is 7.77. The third kappa shape index (κ3) is 2.87. The third-order valence-electron chi connectivity index (χ3n) is 1.83. The quantitative estimate of drug-likeness (QED) is 0.759. The lowest BCUT2D eigenvalue weighted by Crippen LogP contribution is -2.15. The number of halogens is 6. The van der Waals surface area contributed by atoms with Gasteiger partial charge in [0, 0.05) is 0 Å². The van der Waals surface area contributed by atoms with Gasteiger partial charge < -0.3 is 0 Å². The molecular formula is C9H4F6N2.